The zero-order chi connectivity index (χ0) is 9.84. The number of imidazole rings is 1. The van der Waals surface area contributed by atoms with Crippen LogP contribution in [-0.2, 0) is 7.05 Å². The van der Waals surface area contributed by atoms with Gasteiger partial charge in [0.05, 0.1) is 0 Å². The van der Waals surface area contributed by atoms with Crippen molar-refractivity contribution in [1.29, 1.82) is 0 Å². The Bertz CT molecular complexity index is 289. The number of aryl methyl sites for hydroxylation is 1. The fourth-order valence-electron chi connectivity index (χ4n) is 1.17. The summed E-state index contributed by atoms with van der Waals surface area (Å²) in [5.41, 5.74) is 0. The molecule has 3 nitrogen and oxygen atoms in total. The van der Waals surface area contributed by atoms with E-state index in [9.17, 15) is 4.79 Å². The smallest absolute Gasteiger partial charge is 0.198 e. The second kappa shape index (κ2) is 4.21. The van der Waals surface area contributed by atoms with Gasteiger partial charge in [-0.25, -0.2) is 4.98 Å². The summed E-state index contributed by atoms with van der Waals surface area (Å²) in [6.45, 7) is 4.23. The molecule has 0 saturated carbocycles. The largest absolute Gasteiger partial charge is 0.332 e. The molecule has 72 valence electrons. The Labute approximate surface area is 78.8 Å². The number of ketones is 1. The van der Waals surface area contributed by atoms with E-state index >= 15 is 0 Å². The van der Waals surface area contributed by atoms with Crippen molar-refractivity contribution in [2.45, 2.75) is 26.7 Å². The lowest BCUT2D eigenvalue weighted by Gasteiger charge is -2.03. The second-order valence-corrected chi connectivity index (χ2v) is 3.72. The van der Waals surface area contributed by atoms with Gasteiger partial charge in [-0.3, -0.25) is 4.79 Å². The zero-order valence-electron chi connectivity index (χ0n) is 8.45. The molecule has 0 bridgehead atoms. The topological polar surface area (TPSA) is 34.9 Å². The third kappa shape index (κ3) is 2.68. The highest BCUT2D eigenvalue weighted by atomic mass is 16.1. The summed E-state index contributed by atoms with van der Waals surface area (Å²) >= 11 is 0. The van der Waals surface area contributed by atoms with Crippen molar-refractivity contribution in [3.8, 4) is 0 Å². The van der Waals surface area contributed by atoms with Crippen molar-refractivity contribution in [3.63, 3.8) is 0 Å². The summed E-state index contributed by atoms with van der Waals surface area (Å²) in [5.74, 6) is 1.28. The summed E-state index contributed by atoms with van der Waals surface area (Å²) in [6, 6.07) is 0. The van der Waals surface area contributed by atoms with Gasteiger partial charge in [-0.1, -0.05) is 13.8 Å². The third-order valence-electron chi connectivity index (χ3n) is 2.02. The van der Waals surface area contributed by atoms with E-state index in [4.69, 9.17) is 0 Å². The van der Waals surface area contributed by atoms with Gasteiger partial charge in [0, 0.05) is 25.9 Å². The molecule has 0 fully saturated rings. The molecule has 0 atom stereocenters. The molecule has 0 aliphatic heterocycles. The van der Waals surface area contributed by atoms with Gasteiger partial charge in [-0.2, -0.15) is 0 Å². The van der Waals surface area contributed by atoms with Crippen LogP contribution in [0.5, 0.6) is 0 Å². The molecule has 0 spiro atoms. The molecule has 1 aromatic rings. The van der Waals surface area contributed by atoms with Crippen LogP contribution >= 0.6 is 0 Å². The first-order chi connectivity index (χ1) is 6.11. The number of hydrogen-bond acceptors (Lipinski definition) is 2. The summed E-state index contributed by atoms with van der Waals surface area (Å²) in [7, 11) is 1.84. The van der Waals surface area contributed by atoms with E-state index in [0.717, 1.165) is 6.42 Å². The van der Waals surface area contributed by atoms with Crippen LogP contribution in [0.1, 0.15) is 37.3 Å². The lowest BCUT2D eigenvalue weighted by Crippen LogP contribution is -2.08. The average molecular weight is 180 g/mol. The molecule has 13 heavy (non-hydrogen) atoms. The molecule has 0 aliphatic rings. The van der Waals surface area contributed by atoms with Gasteiger partial charge in [0.25, 0.3) is 0 Å². The first-order valence-electron chi connectivity index (χ1n) is 4.61. The number of hydrogen-bond donors (Lipinski definition) is 0. The molecule has 0 aromatic carbocycles. The standard InChI is InChI=1S/C10H16N2O/c1-8(2)4-5-9(13)10-11-6-7-12(10)3/h6-8H,4-5H2,1-3H3. The lowest BCUT2D eigenvalue weighted by atomic mass is 10.1. The number of nitrogens with zero attached hydrogens (tertiary/aromatic N) is 2. The predicted octanol–water partition coefficient (Wildman–Crippen LogP) is 2.04. The van der Waals surface area contributed by atoms with Crippen molar-refractivity contribution >= 4 is 5.78 Å². The predicted molar refractivity (Wildman–Crippen MR) is 51.6 cm³/mol. The van der Waals surface area contributed by atoms with E-state index < -0.39 is 0 Å². The third-order valence-corrected chi connectivity index (χ3v) is 2.02. The fourth-order valence-corrected chi connectivity index (χ4v) is 1.17. The molecule has 0 unspecified atom stereocenters. The molecule has 3 heteroatoms. The maximum Gasteiger partial charge on any atom is 0.198 e. The Morgan fingerprint density at radius 2 is 2.31 bits per heavy atom. The van der Waals surface area contributed by atoms with Gasteiger partial charge in [0.2, 0.25) is 0 Å². The summed E-state index contributed by atoms with van der Waals surface area (Å²) in [5, 5.41) is 0. The molecule has 0 saturated heterocycles. The van der Waals surface area contributed by atoms with Crippen molar-refractivity contribution in [1.82, 2.24) is 9.55 Å². The molecule has 0 aliphatic carbocycles. The van der Waals surface area contributed by atoms with Gasteiger partial charge < -0.3 is 4.57 Å². The van der Waals surface area contributed by atoms with Crippen LogP contribution in [-0.4, -0.2) is 15.3 Å². The van der Waals surface area contributed by atoms with Crippen molar-refractivity contribution in [2.75, 3.05) is 0 Å². The molecule has 0 N–H and O–H groups in total. The highest BCUT2D eigenvalue weighted by Gasteiger charge is 2.10. The highest BCUT2D eigenvalue weighted by molar-refractivity contribution is 5.92. The molecule has 0 radical (unpaired) electrons. The molecule has 1 aromatic heterocycles. The fraction of sp³-hybridized carbons (Fsp3) is 0.600. The number of carbonyl (C=O) groups excluding carboxylic acids is 1. The molecule has 0 amide bonds. The summed E-state index contributed by atoms with van der Waals surface area (Å²) in [6.07, 6.45) is 4.99. The van der Waals surface area contributed by atoms with Gasteiger partial charge in [0.1, 0.15) is 0 Å². The molecular formula is C10H16N2O. The quantitative estimate of drug-likeness (QED) is 0.664. The van der Waals surface area contributed by atoms with Gasteiger partial charge >= 0.3 is 0 Å². The second-order valence-electron chi connectivity index (χ2n) is 3.72. The Hall–Kier alpha value is -1.12. The van der Waals surface area contributed by atoms with E-state index in [2.05, 4.69) is 18.8 Å². The SMILES string of the molecule is CC(C)CCC(=O)c1nccn1C. The van der Waals surface area contributed by atoms with Gasteiger partial charge in [-0.15, -0.1) is 0 Å². The Morgan fingerprint density at radius 3 is 2.77 bits per heavy atom. The van der Waals surface area contributed by atoms with Crippen molar-refractivity contribution < 1.29 is 4.79 Å². The minimum Gasteiger partial charge on any atom is -0.332 e. The summed E-state index contributed by atoms with van der Waals surface area (Å²) in [4.78, 5) is 15.6. The number of carbonyl (C=O) groups is 1. The minimum atomic E-state index is 0.140. The van der Waals surface area contributed by atoms with Crippen LogP contribution in [0, 0.1) is 5.92 Å². The van der Waals surface area contributed by atoms with Crippen LogP contribution in [0.4, 0.5) is 0 Å². The average Bonchev–Trinajstić information content (AvgIpc) is 2.47. The van der Waals surface area contributed by atoms with Crippen molar-refractivity contribution in [3.05, 3.63) is 18.2 Å². The Kier molecular flexibility index (Phi) is 3.23. The zero-order valence-corrected chi connectivity index (χ0v) is 8.45. The monoisotopic (exact) mass is 180 g/mol. The van der Waals surface area contributed by atoms with Crippen LogP contribution in [0.3, 0.4) is 0 Å². The van der Waals surface area contributed by atoms with Crippen LogP contribution < -0.4 is 0 Å². The van der Waals surface area contributed by atoms with E-state index in [1.165, 1.54) is 0 Å². The number of Topliss-reactive ketones (excluding diaryl/α,β-unsaturated/α-hetero) is 1. The minimum absolute atomic E-state index is 0.140. The maximum absolute atomic E-state index is 11.5. The number of aromatic nitrogens is 2. The first kappa shape index (κ1) is 9.96. The normalized spacial score (nSPS) is 10.8. The van der Waals surface area contributed by atoms with E-state index in [1.807, 2.05) is 7.05 Å². The molecular weight excluding hydrogens is 164 g/mol. The van der Waals surface area contributed by atoms with Crippen LogP contribution in [0.15, 0.2) is 12.4 Å². The number of rotatable bonds is 4. The lowest BCUT2D eigenvalue weighted by molar-refractivity contribution is 0.0962. The van der Waals surface area contributed by atoms with E-state index in [-0.39, 0.29) is 5.78 Å². The van der Waals surface area contributed by atoms with Crippen LogP contribution in [0.25, 0.3) is 0 Å². The summed E-state index contributed by atoms with van der Waals surface area (Å²) < 4.78 is 1.77. The van der Waals surface area contributed by atoms with Gasteiger partial charge in [0.15, 0.2) is 11.6 Å². The Balaban J connectivity index is 2.54. The first-order valence-corrected chi connectivity index (χ1v) is 4.61. The van der Waals surface area contributed by atoms with E-state index in [0.29, 0.717) is 18.2 Å². The Morgan fingerprint density at radius 1 is 1.62 bits per heavy atom. The molecule has 1 heterocycles. The maximum atomic E-state index is 11.5. The van der Waals surface area contributed by atoms with Gasteiger partial charge in [-0.05, 0) is 12.3 Å². The van der Waals surface area contributed by atoms with E-state index in [1.54, 1.807) is 17.0 Å². The van der Waals surface area contributed by atoms with Crippen molar-refractivity contribution in [2.24, 2.45) is 13.0 Å². The molecule has 1 rings (SSSR count). The van der Waals surface area contributed by atoms with Crippen LogP contribution in [0.2, 0.25) is 0 Å². The highest BCUT2D eigenvalue weighted by Crippen LogP contribution is 2.08.